The topological polar surface area (TPSA) is 105 Å². The van der Waals surface area contributed by atoms with Gasteiger partial charge >= 0.3 is 0 Å². The van der Waals surface area contributed by atoms with Gasteiger partial charge in [0.25, 0.3) is 11.8 Å². The Morgan fingerprint density at radius 3 is 2.09 bits per heavy atom. The van der Waals surface area contributed by atoms with Crippen molar-refractivity contribution < 1.29 is 22.7 Å². The van der Waals surface area contributed by atoms with Crippen LogP contribution in [0, 0.1) is 0 Å². The van der Waals surface area contributed by atoms with E-state index in [1.807, 2.05) is 26.0 Å². The van der Waals surface area contributed by atoms with E-state index in [0.29, 0.717) is 30.8 Å². The molecule has 2 aromatic rings. The Labute approximate surface area is 189 Å². The summed E-state index contributed by atoms with van der Waals surface area (Å²) in [6.07, 6.45) is 0.0172. The molecule has 1 aliphatic rings. The normalized spacial score (nSPS) is 18.9. The van der Waals surface area contributed by atoms with Gasteiger partial charge < -0.3 is 15.0 Å². The van der Waals surface area contributed by atoms with E-state index >= 15 is 0 Å². The van der Waals surface area contributed by atoms with Gasteiger partial charge in [-0.3, -0.25) is 9.59 Å². The summed E-state index contributed by atoms with van der Waals surface area (Å²) < 4.78 is 32.1. The van der Waals surface area contributed by atoms with E-state index in [9.17, 15) is 18.0 Å². The van der Waals surface area contributed by atoms with Crippen molar-refractivity contribution in [1.29, 1.82) is 0 Å². The average molecular weight is 460 g/mol. The van der Waals surface area contributed by atoms with Crippen molar-refractivity contribution in [1.82, 2.24) is 14.9 Å². The first-order valence-corrected chi connectivity index (χ1v) is 12.1. The van der Waals surface area contributed by atoms with Crippen molar-refractivity contribution in [3.63, 3.8) is 0 Å². The highest BCUT2D eigenvalue weighted by Gasteiger charge is 2.26. The molecule has 2 unspecified atom stereocenters. The SMILES string of the molecule is CCNS(=O)(=O)c1ccc(C(=O)NCc2ccc(C(=O)N3CC(C)OC(C)C3)cc2)cc1. The highest BCUT2D eigenvalue weighted by molar-refractivity contribution is 7.89. The number of carbonyl (C=O) groups excluding carboxylic acids is 2. The van der Waals surface area contributed by atoms with Crippen LogP contribution in [0.3, 0.4) is 0 Å². The molecule has 9 heteroatoms. The largest absolute Gasteiger partial charge is 0.372 e. The molecule has 0 spiro atoms. The maximum Gasteiger partial charge on any atom is 0.254 e. The zero-order valence-corrected chi connectivity index (χ0v) is 19.3. The van der Waals surface area contributed by atoms with Gasteiger partial charge in [-0.15, -0.1) is 0 Å². The summed E-state index contributed by atoms with van der Waals surface area (Å²) in [6.45, 7) is 7.32. The van der Waals surface area contributed by atoms with Crippen LogP contribution in [0.15, 0.2) is 53.4 Å². The maximum absolute atomic E-state index is 12.7. The number of nitrogens with zero attached hydrogens (tertiary/aromatic N) is 1. The Hall–Kier alpha value is -2.75. The zero-order chi connectivity index (χ0) is 23.3. The number of sulfonamides is 1. The van der Waals surface area contributed by atoms with Crippen LogP contribution in [0.5, 0.6) is 0 Å². The Morgan fingerprint density at radius 2 is 1.53 bits per heavy atom. The van der Waals surface area contributed by atoms with Crippen molar-refractivity contribution in [2.24, 2.45) is 0 Å². The van der Waals surface area contributed by atoms with Crippen LogP contribution in [-0.4, -0.2) is 57.0 Å². The van der Waals surface area contributed by atoms with Crippen LogP contribution in [0.1, 0.15) is 47.1 Å². The van der Waals surface area contributed by atoms with E-state index in [0.717, 1.165) is 5.56 Å². The molecule has 172 valence electrons. The fourth-order valence-corrected chi connectivity index (χ4v) is 4.68. The molecule has 0 aromatic heterocycles. The fraction of sp³-hybridized carbons (Fsp3) is 0.391. The molecule has 32 heavy (non-hydrogen) atoms. The van der Waals surface area contributed by atoms with Gasteiger partial charge in [-0.1, -0.05) is 19.1 Å². The van der Waals surface area contributed by atoms with Crippen molar-refractivity contribution in [2.45, 2.75) is 44.4 Å². The summed E-state index contributed by atoms with van der Waals surface area (Å²) in [6, 6.07) is 12.9. The number of hydrogen-bond donors (Lipinski definition) is 2. The van der Waals surface area contributed by atoms with Gasteiger partial charge in [-0.2, -0.15) is 0 Å². The van der Waals surface area contributed by atoms with Gasteiger partial charge in [0.1, 0.15) is 0 Å². The smallest absolute Gasteiger partial charge is 0.254 e. The number of amides is 2. The van der Waals surface area contributed by atoms with Gasteiger partial charge in [-0.25, -0.2) is 13.1 Å². The monoisotopic (exact) mass is 459 g/mol. The van der Waals surface area contributed by atoms with Crippen LogP contribution < -0.4 is 10.0 Å². The maximum atomic E-state index is 12.7. The van der Waals surface area contributed by atoms with Crippen molar-refractivity contribution in [2.75, 3.05) is 19.6 Å². The lowest BCUT2D eigenvalue weighted by Gasteiger charge is -2.35. The van der Waals surface area contributed by atoms with Gasteiger partial charge in [0.2, 0.25) is 10.0 Å². The number of benzene rings is 2. The van der Waals surface area contributed by atoms with E-state index in [2.05, 4.69) is 10.0 Å². The highest BCUT2D eigenvalue weighted by Crippen LogP contribution is 2.15. The molecular formula is C23H29N3O5S. The molecule has 2 N–H and O–H groups in total. The third-order valence-electron chi connectivity index (χ3n) is 5.12. The van der Waals surface area contributed by atoms with Crippen LogP contribution in [0.2, 0.25) is 0 Å². The summed E-state index contributed by atoms with van der Waals surface area (Å²) in [5.41, 5.74) is 1.81. The van der Waals surface area contributed by atoms with Crippen LogP contribution in [0.4, 0.5) is 0 Å². The quantitative estimate of drug-likeness (QED) is 0.660. The van der Waals surface area contributed by atoms with Crippen LogP contribution >= 0.6 is 0 Å². The number of ether oxygens (including phenoxy) is 1. The predicted molar refractivity (Wildman–Crippen MR) is 121 cm³/mol. The van der Waals surface area contributed by atoms with E-state index in [1.54, 1.807) is 24.0 Å². The molecule has 0 aliphatic carbocycles. The average Bonchev–Trinajstić information content (AvgIpc) is 2.76. The Balaban J connectivity index is 1.57. The molecule has 0 saturated carbocycles. The Morgan fingerprint density at radius 1 is 0.969 bits per heavy atom. The minimum Gasteiger partial charge on any atom is -0.372 e. The number of morpholine rings is 1. The van der Waals surface area contributed by atoms with Crippen molar-refractivity contribution >= 4 is 21.8 Å². The number of rotatable bonds is 7. The molecule has 1 saturated heterocycles. The summed E-state index contributed by atoms with van der Waals surface area (Å²) in [5.74, 6) is -0.343. The second-order valence-electron chi connectivity index (χ2n) is 7.87. The second kappa shape index (κ2) is 10.2. The van der Waals surface area contributed by atoms with Crippen molar-refractivity contribution in [3.8, 4) is 0 Å². The summed E-state index contributed by atoms with van der Waals surface area (Å²) in [7, 11) is -3.55. The molecule has 0 radical (unpaired) electrons. The van der Waals surface area contributed by atoms with Crippen LogP contribution in [-0.2, 0) is 21.3 Å². The second-order valence-corrected chi connectivity index (χ2v) is 9.64. The van der Waals surface area contributed by atoms with Crippen molar-refractivity contribution in [3.05, 3.63) is 65.2 Å². The van der Waals surface area contributed by atoms with E-state index in [-0.39, 0.29) is 35.5 Å². The molecule has 1 fully saturated rings. The van der Waals surface area contributed by atoms with E-state index in [4.69, 9.17) is 4.74 Å². The van der Waals surface area contributed by atoms with E-state index in [1.165, 1.54) is 24.3 Å². The third-order valence-corrected chi connectivity index (χ3v) is 6.68. The summed E-state index contributed by atoms with van der Waals surface area (Å²) in [5, 5.41) is 2.81. The predicted octanol–water partition coefficient (Wildman–Crippen LogP) is 2.16. The first-order chi connectivity index (χ1) is 15.2. The molecule has 2 aromatic carbocycles. The van der Waals surface area contributed by atoms with Gasteiger partial charge in [0, 0.05) is 37.3 Å². The molecule has 8 nitrogen and oxygen atoms in total. The first kappa shape index (κ1) is 23.9. The lowest BCUT2D eigenvalue weighted by atomic mass is 10.1. The molecule has 0 bridgehead atoms. The first-order valence-electron chi connectivity index (χ1n) is 10.6. The molecule has 2 atom stereocenters. The Bertz CT molecular complexity index is 1040. The van der Waals surface area contributed by atoms with Crippen LogP contribution in [0.25, 0.3) is 0 Å². The molecule has 1 aliphatic heterocycles. The minimum atomic E-state index is -3.55. The highest BCUT2D eigenvalue weighted by atomic mass is 32.2. The van der Waals surface area contributed by atoms with Gasteiger partial charge in [0.05, 0.1) is 17.1 Å². The third kappa shape index (κ3) is 5.93. The number of carbonyl (C=O) groups is 2. The zero-order valence-electron chi connectivity index (χ0n) is 18.5. The summed E-state index contributed by atoms with van der Waals surface area (Å²) in [4.78, 5) is 27.1. The molecule has 3 rings (SSSR count). The summed E-state index contributed by atoms with van der Waals surface area (Å²) >= 11 is 0. The number of nitrogens with one attached hydrogen (secondary N) is 2. The fourth-order valence-electron chi connectivity index (χ4n) is 3.63. The standard InChI is InChI=1S/C23H29N3O5S/c1-4-25-32(29,30)21-11-9-19(10-12-21)22(27)24-13-18-5-7-20(8-6-18)23(28)26-14-16(2)31-17(3)15-26/h5-12,16-17,25H,4,13-15H2,1-3H3,(H,24,27). The number of hydrogen-bond acceptors (Lipinski definition) is 5. The Kier molecular flexibility index (Phi) is 7.65. The molecular weight excluding hydrogens is 430 g/mol. The molecule has 1 heterocycles. The molecule has 2 amide bonds. The minimum absolute atomic E-state index is 0.00858. The van der Waals surface area contributed by atoms with Gasteiger partial charge in [0.15, 0.2) is 0 Å². The lowest BCUT2D eigenvalue weighted by Crippen LogP contribution is -2.48. The lowest BCUT2D eigenvalue weighted by molar-refractivity contribution is -0.0586. The van der Waals surface area contributed by atoms with Gasteiger partial charge in [-0.05, 0) is 55.8 Å². The van der Waals surface area contributed by atoms with E-state index < -0.39 is 10.0 Å².